The minimum Gasteiger partial charge on any atom is -0.367 e. The average molecular weight is 280 g/mol. The second-order valence-electron chi connectivity index (χ2n) is 5.27. The van der Waals surface area contributed by atoms with Crippen molar-refractivity contribution in [1.29, 1.82) is 0 Å². The Morgan fingerprint density at radius 1 is 1.53 bits per heavy atom. The molecule has 2 rings (SSSR count). The highest BCUT2D eigenvalue weighted by molar-refractivity contribution is 8.00. The number of thioether (sulfide) groups is 1. The number of hydrogen-bond donors (Lipinski definition) is 1. The standard InChI is InChI=1S/C14H24N4S/c1-4-11-9-18(5-6-19-11)13-8-16-14(10(2)3)17-12(13)7-15/h8,10-11H,4-7,9,15H2,1-3H3. The molecular weight excluding hydrogens is 256 g/mol. The lowest BCUT2D eigenvalue weighted by Crippen LogP contribution is -2.38. The van der Waals surface area contributed by atoms with Crippen LogP contribution in [0.3, 0.4) is 0 Å². The van der Waals surface area contributed by atoms with Gasteiger partial charge in [-0.15, -0.1) is 0 Å². The van der Waals surface area contributed by atoms with Crippen molar-refractivity contribution < 1.29 is 0 Å². The van der Waals surface area contributed by atoms with E-state index in [0.29, 0.717) is 17.7 Å². The molecule has 0 saturated carbocycles. The van der Waals surface area contributed by atoms with Crippen LogP contribution in [0.2, 0.25) is 0 Å². The second kappa shape index (κ2) is 6.57. The van der Waals surface area contributed by atoms with Crippen molar-refractivity contribution in [1.82, 2.24) is 9.97 Å². The van der Waals surface area contributed by atoms with E-state index in [4.69, 9.17) is 5.73 Å². The Morgan fingerprint density at radius 2 is 2.32 bits per heavy atom. The summed E-state index contributed by atoms with van der Waals surface area (Å²) in [7, 11) is 0. The van der Waals surface area contributed by atoms with Crippen molar-refractivity contribution in [3.63, 3.8) is 0 Å². The van der Waals surface area contributed by atoms with E-state index in [1.807, 2.05) is 6.20 Å². The Balaban J connectivity index is 2.23. The van der Waals surface area contributed by atoms with Gasteiger partial charge in [-0.3, -0.25) is 0 Å². The summed E-state index contributed by atoms with van der Waals surface area (Å²) in [6, 6.07) is 0. The predicted octanol–water partition coefficient (Wildman–Crippen LogP) is 2.39. The van der Waals surface area contributed by atoms with E-state index in [2.05, 4.69) is 47.4 Å². The number of nitrogens with two attached hydrogens (primary N) is 1. The molecule has 1 aromatic rings. The lowest BCUT2D eigenvalue weighted by atomic mass is 10.2. The van der Waals surface area contributed by atoms with E-state index in [-0.39, 0.29) is 0 Å². The maximum absolute atomic E-state index is 5.87. The lowest BCUT2D eigenvalue weighted by molar-refractivity contribution is 0.706. The number of aromatic nitrogens is 2. The maximum Gasteiger partial charge on any atom is 0.131 e. The van der Waals surface area contributed by atoms with Gasteiger partial charge >= 0.3 is 0 Å². The van der Waals surface area contributed by atoms with Crippen molar-refractivity contribution in [2.24, 2.45) is 5.73 Å². The summed E-state index contributed by atoms with van der Waals surface area (Å²) in [5.41, 5.74) is 7.99. The molecule has 1 aromatic heterocycles. The smallest absolute Gasteiger partial charge is 0.131 e. The van der Waals surface area contributed by atoms with Gasteiger partial charge in [0.25, 0.3) is 0 Å². The zero-order valence-electron chi connectivity index (χ0n) is 12.1. The zero-order chi connectivity index (χ0) is 13.8. The Labute approximate surface area is 120 Å². The van der Waals surface area contributed by atoms with E-state index >= 15 is 0 Å². The van der Waals surface area contributed by atoms with Gasteiger partial charge in [-0.1, -0.05) is 20.8 Å². The van der Waals surface area contributed by atoms with Gasteiger partial charge in [-0.25, -0.2) is 9.97 Å². The topological polar surface area (TPSA) is 55.0 Å². The van der Waals surface area contributed by atoms with E-state index in [9.17, 15) is 0 Å². The molecule has 5 heteroatoms. The van der Waals surface area contributed by atoms with E-state index in [1.165, 1.54) is 12.2 Å². The van der Waals surface area contributed by atoms with Gasteiger partial charge in [0.2, 0.25) is 0 Å². The first kappa shape index (κ1) is 14.6. The third-order valence-electron chi connectivity index (χ3n) is 3.51. The Morgan fingerprint density at radius 3 is 2.95 bits per heavy atom. The van der Waals surface area contributed by atoms with Gasteiger partial charge < -0.3 is 10.6 Å². The van der Waals surface area contributed by atoms with Crippen LogP contribution in [0.4, 0.5) is 5.69 Å². The fourth-order valence-electron chi connectivity index (χ4n) is 2.30. The molecule has 0 bridgehead atoms. The summed E-state index contributed by atoms with van der Waals surface area (Å²) in [5, 5.41) is 0.712. The van der Waals surface area contributed by atoms with E-state index in [1.54, 1.807) is 0 Å². The molecule has 19 heavy (non-hydrogen) atoms. The van der Waals surface area contributed by atoms with Gasteiger partial charge in [-0.05, 0) is 6.42 Å². The number of rotatable bonds is 4. The molecule has 4 nitrogen and oxygen atoms in total. The molecule has 1 aliphatic heterocycles. The summed E-state index contributed by atoms with van der Waals surface area (Å²) in [6.07, 6.45) is 3.18. The summed E-state index contributed by atoms with van der Waals surface area (Å²) in [5.74, 6) is 2.41. The molecule has 106 valence electrons. The molecule has 1 saturated heterocycles. The Bertz CT molecular complexity index is 422. The molecule has 0 aliphatic carbocycles. The fourth-order valence-corrected chi connectivity index (χ4v) is 3.48. The van der Waals surface area contributed by atoms with Crippen LogP contribution in [-0.2, 0) is 6.54 Å². The molecule has 2 heterocycles. The molecule has 1 atom stereocenters. The van der Waals surface area contributed by atoms with Crippen molar-refractivity contribution in [2.75, 3.05) is 23.7 Å². The Hall–Kier alpha value is -0.810. The third kappa shape index (κ3) is 3.39. The van der Waals surface area contributed by atoms with Gasteiger partial charge in [0, 0.05) is 36.6 Å². The molecule has 0 amide bonds. The SMILES string of the molecule is CCC1CN(c2cnc(C(C)C)nc2CN)CCS1. The van der Waals surface area contributed by atoms with Crippen LogP contribution >= 0.6 is 11.8 Å². The average Bonchev–Trinajstić information content (AvgIpc) is 2.46. The van der Waals surface area contributed by atoms with Gasteiger partial charge in [0.1, 0.15) is 5.82 Å². The third-order valence-corrected chi connectivity index (χ3v) is 4.88. The second-order valence-corrected chi connectivity index (χ2v) is 6.67. The van der Waals surface area contributed by atoms with Crippen molar-refractivity contribution >= 4 is 17.4 Å². The van der Waals surface area contributed by atoms with E-state index in [0.717, 1.165) is 30.3 Å². The zero-order valence-corrected chi connectivity index (χ0v) is 12.9. The summed E-state index contributed by atoms with van der Waals surface area (Å²) < 4.78 is 0. The number of hydrogen-bond acceptors (Lipinski definition) is 5. The Kier molecular flexibility index (Phi) is 5.05. The quantitative estimate of drug-likeness (QED) is 0.918. The molecule has 1 unspecified atom stereocenters. The minimum atomic E-state index is 0.347. The van der Waals surface area contributed by atoms with Crippen LogP contribution in [-0.4, -0.2) is 34.1 Å². The fraction of sp³-hybridized carbons (Fsp3) is 0.714. The highest BCUT2D eigenvalue weighted by Crippen LogP contribution is 2.27. The monoisotopic (exact) mass is 280 g/mol. The van der Waals surface area contributed by atoms with Crippen LogP contribution < -0.4 is 10.6 Å². The summed E-state index contributed by atoms with van der Waals surface area (Å²) in [4.78, 5) is 11.5. The molecule has 1 aliphatic rings. The molecule has 0 spiro atoms. The first-order valence-corrected chi connectivity index (χ1v) is 8.13. The van der Waals surface area contributed by atoms with Gasteiger partial charge in [0.05, 0.1) is 17.6 Å². The van der Waals surface area contributed by atoms with Gasteiger partial charge in [0.15, 0.2) is 0 Å². The number of nitrogens with zero attached hydrogens (tertiary/aromatic N) is 3. The normalized spacial score (nSPS) is 20.1. The minimum absolute atomic E-state index is 0.347. The van der Waals surface area contributed by atoms with Crippen LogP contribution in [0, 0.1) is 0 Å². The van der Waals surface area contributed by atoms with Crippen molar-refractivity contribution in [3.05, 3.63) is 17.7 Å². The summed E-state index contributed by atoms with van der Waals surface area (Å²) in [6.45, 7) is 9.11. The maximum atomic E-state index is 5.87. The highest BCUT2D eigenvalue weighted by atomic mass is 32.2. The lowest BCUT2D eigenvalue weighted by Gasteiger charge is -2.34. The van der Waals surface area contributed by atoms with Crippen molar-refractivity contribution in [2.45, 2.75) is 44.9 Å². The largest absolute Gasteiger partial charge is 0.367 e. The summed E-state index contributed by atoms with van der Waals surface area (Å²) >= 11 is 2.07. The highest BCUT2D eigenvalue weighted by Gasteiger charge is 2.22. The van der Waals surface area contributed by atoms with Crippen molar-refractivity contribution in [3.8, 4) is 0 Å². The molecule has 0 aromatic carbocycles. The predicted molar refractivity (Wildman–Crippen MR) is 82.8 cm³/mol. The molecular formula is C14H24N4S. The van der Waals surface area contributed by atoms with Crippen LogP contribution in [0.5, 0.6) is 0 Å². The molecule has 0 radical (unpaired) electrons. The first-order chi connectivity index (χ1) is 9.15. The van der Waals surface area contributed by atoms with Crippen LogP contribution in [0.1, 0.15) is 44.6 Å². The van der Waals surface area contributed by atoms with Crippen LogP contribution in [0.25, 0.3) is 0 Å². The molecule has 2 N–H and O–H groups in total. The van der Waals surface area contributed by atoms with Gasteiger partial charge in [-0.2, -0.15) is 11.8 Å². The molecule has 1 fully saturated rings. The van der Waals surface area contributed by atoms with E-state index < -0.39 is 0 Å². The van der Waals surface area contributed by atoms with Crippen LogP contribution in [0.15, 0.2) is 6.20 Å². The first-order valence-electron chi connectivity index (χ1n) is 7.08. The number of anilines is 1.